The van der Waals surface area contributed by atoms with Crippen molar-refractivity contribution in [2.24, 2.45) is 4.99 Å². The Morgan fingerprint density at radius 1 is 1.07 bits per heavy atom. The van der Waals surface area contributed by atoms with Gasteiger partial charge < -0.3 is 10.6 Å². The highest BCUT2D eigenvalue weighted by molar-refractivity contribution is 14.0. The molecular weight excluding hydrogens is 496 g/mol. The molecule has 1 rings (SSSR count). The predicted molar refractivity (Wildman–Crippen MR) is 112 cm³/mol. The van der Waals surface area contributed by atoms with E-state index in [1.165, 1.54) is 12.1 Å². The fraction of sp³-hybridized carbons (Fsp3) is 0.562. The maximum Gasteiger partial charge on any atom is 0.416 e. The number of halogens is 4. The molecule has 0 unspecified atom stereocenters. The van der Waals surface area contributed by atoms with Gasteiger partial charge in [-0.05, 0) is 38.0 Å². The first-order valence-electron chi connectivity index (χ1n) is 8.33. The van der Waals surface area contributed by atoms with Crippen molar-refractivity contribution in [1.82, 2.24) is 15.4 Å². The SMILES string of the molecule is CCNC(=NCc1ccc(C(F)(F)F)cc1)NCCCNS(=O)(=O)CC.I. The van der Waals surface area contributed by atoms with Gasteiger partial charge in [0.1, 0.15) is 0 Å². The molecule has 0 aliphatic rings. The average molecular weight is 522 g/mol. The first-order chi connectivity index (χ1) is 12.2. The van der Waals surface area contributed by atoms with Gasteiger partial charge in [0.15, 0.2) is 5.96 Å². The van der Waals surface area contributed by atoms with Crippen LogP contribution in [0.5, 0.6) is 0 Å². The number of guanidine groups is 1. The number of benzene rings is 1. The Morgan fingerprint density at radius 2 is 1.70 bits per heavy atom. The minimum absolute atomic E-state index is 0. The monoisotopic (exact) mass is 522 g/mol. The summed E-state index contributed by atoms with van der Waals surface area (Å²) in [4.78, 5) is 4.31. The Kier molecular flexibility index (Phi) is 11.9. The van der Waals surface area contributed by atoms with E-state index >= 15 is 0 Å². The molecular formula is C16H26F3IN4O2S. The van der Waals surface area contributed by atoms with Gasteiger partial charge in [-0.1, -0.05) is 12.1 Å². The van der Waals surface area contributed by atoms with E-state index in [4.69, 9.17) is 0 Å². The Labute approximate surface area is 175 Å². The average Bonchev–Trinajstić information content (AvgIpc) is 2.58. The summed E-state index contributed by atoms with van der Waals surface area (Å²) in [5.41, 5.74) is -0.0318. The lowest BCUT2D eigenvalue weighted by molar-refractivity contribution is -0.137. The van der Waals surface area contributed by atoms with E-state index in [2.05, 4.69) is 20.3 Å². The third-order valence-electron chi connectivity index (χ3n) is 3.39. The maximum absolute atomic E-state index is 12.5. The number of rotatable bonds is 9. The van der Waals surface area contributed by atoms with Crippen molar-refractivity contribution >= 4 is 40.0 Å². The highest BCUT2D eigenvalue weighted by atomic mass is 127. The van der Waals surface area contributed by atoms with Gasteiger partial charge in [-0.3, -0.25) is 0 Å². The molecule has 0 heterocycles. The summed E-state index contributed by atoms with van der Waals surface area (Å²) >= 11 is 0. The number of nitrogens with one attached hydrogen (secondary N) is 3. The molecule has 27 heavy (non-hydrogen) atoms. The van der Waals surface area contributed by atoms with Crippen LogP contribution >= 0.6 is 24.0 Å². The van der Waals surface area contributed by atoms with Gasteiger partial charge >= 0.3 is 6.18 Å². The fourth-order valence-corrected chi connectivity index (χ4v) is 2.60. The second-order valence-electron chi connectivity index (χ2n) is 5.47. The molecule has 0 saturated carbocycles. The van der Waals surface area contributed by atoms with Crippen LogP contribution < -0.4 is 15.4 Å². The summed E-state index contributed by atoms with van der Waals surface area (Å²) in [6, 6.07) is 4.86. The lowest BCUT2D eigenvalue weighted by Gasteiger charge is -2.12. The molecule has 156 valence electrons. The van der Waals surface area contributed by atoms with Gasteiger partial charge in [0.25, 0.3) is 0 Å². The van der Waals surface area contributed by atoms with E-state index in [9.17, 15) is 21.6 Å². The largest absolute Gasteiger partial charge is 0.416 e. The van der Waals surface area contributed by atoms with Crippen LogP contribution in [0.2, 0.25) is 0 Å². The van der Waals surface area contributed by atoms with Gasteiger partial charge in [-0.25, -0.2) is 18.1 Å². The molecule has 0 aromatic heterocycles. The zero-order valence-corrected chi connectivity index (χ0v) is 18.4. The van der Waals surface area contributed by atoms with Crippen molar-refractivity contribution < 1.29 is 21.6 Å². The molecule has 0 amide bonds. The van der Waals surface area contributed by atoms with Gasteiger partial charge in [0, 0.05) is 19.6 Å². The molecule has 0 spiro atoms. The van der Waals surface area contributed by atoms with Gasteiger partial charge in [-0.15, -0.1) is 24.0 Å². The van der Waals surface area contributed by atoms with Crippen molar-refractivity contribution in [1.29, 1.82) is 0 Å². The minimum atomic E-state index is -4.35. The minimum Gasteiger partial charge on any atom is -0.357 e. The first-order valence-corrected chi connectivity index (χ1v) is 9.98. The molecule has 3 N–H and O–H groups in total. The fourth-order valence-electron chi connectivity index (χ4n) is 1.94. The summed E-state index contributed by atoms with van der Waals surface area (Å²) < 4.78 is 62.7. The summed E-state index contributed by atoms with van der Waals surface area (Å²) in [6.07, 6.45) is -3.78. The Morgan fingerprint density at radius 3 is 2.22 bits per heavy atom. The summed E-state index contributed by atoms with van der Waals surface area (Å²) in [5.74, 6) is 0.559. The molecule has 0 bridgehead atoms. The molecule has 0 atom stereocenters. The van der Waals surface area contributed by atoms with E-state index in [1.807, 2.05) is 6.92 Å². The molecule has 0 saturated heterocycles. The second kappa shape index (κ2) is 12.4. The van der Waals surface area contributed by atoms with Crippen LogP contribution in [0.15, 0.2) is 29.3 Å². The smallest absolute Gasteiger partial charge is 0.357 e. The number of alkyl halides is 3. The number of nitrogens with zero attached hydrogens (tertiary/aromatic N) is 1. The van der Waals surface area contributed by atoms with Crippen molar-refractivity contribution in [3.05, 3.63) is 35.4 Å². The maximum atomic E-state index is 12.5. The molecule has 6 nitrogen and oxygen atoms in total. The van der Waals surface area contributed by atoms with Crippen molar-refractivity contribution in [3.63, 3.8) is 0 Å². The molecule has 11 heteroatoms. The van der Waals surface area contributed by atoms with Crippen LogP contribution in [0, 0.1) is 0 Å². The zero-order chi connectivity index (χ0) is 19.6. The Bertz CT molecular complexity index is 680. The van der Waals surface area contributed by atoms with Crippen LogP contribution in [0.3, 0.4) is 0 Å². The van der Waals surface area contributed by atoms with Crippen LogP contribution in [-0.2, 0) is 22.7 Å². The highest BCUT2D eigenvalue weighted by Crippen LogP contribution is 2.29. The molecule has 1 aromatic carbocycles. The van der Waals surface area contributed by atoms with E-state index in [1.54, 1.807) is 6.92 Å². The predicted octanol–water partition coefficient (Wildman–Crippen LogP) is 2.71. The molecule has 0 fully saturated rings. The number of hydrogen-bond acceptors (Lipinski definition) is 3. The topological polar surface area (TPSA) is 82.6 Å². The van der Waals surface area contributed by atoms with Gasteiger partial charge in [0.2, 0.25) is 10.0 Å². The Balaban J connectivity index is 0.00000676. The molecule has 1 aromatic rings. The number of aliphatic imine (C=N–C) groups is 1. The zero-order valence-electron chi connectivity index (χ0n) is 15.3. The summed E-state index contributed by atoms with van der Waals surface area (Å²) in [7, 11) is -3.19. The normalized spacial score (nSPS) is 12.4. The third kappa shape index (κ3) is 10.7. The lowest BCUT2D eigenvalue weighted by atomic mass is 10.1. The Hall–Kier alpha value is -1.08. The lowest BCUT2D eigenvalue weighted by Crippen LogP contribution is -2.38. The highest BCUT2D eigenvalue weighted by Gasteiger charge is 2.29. The van der Waals surface area contributed by atoms with Crippen LogP contribution in [0.25, 0.3) is 0 Å². The van der Waals surface area contributed by atoms with Crippen molar-refractivity contribution in [3.8, 4) is 0 Å². The summed E-state index contributed by atoms with van der Waals surface area (Å²) in [5, 5.41) is 6.08. The first kappa shape index (κ1) is 25.9. The molecule has 0 aliphatic heterocycles. The van der Waals surface area contributed by atoms with Gasteiger partial charge in [-0.2, -0.15) is 13.2 Å². The summed E-state index contributed by atoms with van der Waals surface area (Å²) in [6.45, 7) is 5.15. The van der Waals surface area contributed by atoms with Crippen LogP contribution in [0.4, 0.5) is 13.2 Å². The standard InChI is InChI=1S/C16H25F3N4O2S.HI/c1-3-20-15(21-10-5-11-23-26(24,25)4-2)22-12-13-6-8-14(9-7-13)16(17,18)19;/h6-9,23H,3-5,10-12H2,1-2H3,(H2,20,21,22);1H. The molecule has 0 aliphatic carbocycles. The van der Waals surface area contributed by atoms with Crippen molar-refractivity contribution in [2.45, 2.75) is 33.0 Å². The third-order valence-corrected chi connectivity index (χ3v) is 4.80. The second-order valence-corrected chi connectivity index (χ2v) is 7.56. The van der Waals surface area contributed by atoms with Gasteiger partial charge in [0.05, 0.1) is 17.9 Å². The van der Waals surface area contributed by atoms with E-state index in [-0.39, 0.29) is 36.3 Å². The van der Waals surface area contributed by atoms with Crippen LogP contribution in [-0.4, -0.2) is 39.8 Å². The van der Waals surface area contributed by atoms with E-state index in [0.717, 1.165) is 12.1 Å². The van der Waals surface area contributed by atoms with Crippen LogP contribution in [0.1, 0.15) is 31.4 Å². The number of sulfonamides is 1. The number of hydrogen-bond donors (Lipinski definition) is 3. The molecule has 0 radical (unpaired) electrons. The van der Waals surface area contributed by atoms with E-state index < -0.39 is 21.8 Å². The van der Waals surface area contributed by atoms with Crippen molar-refractivity contribution in [2.75, 3.05) is 25.4 Å². The van der Waals surface area contributed by atoms with E-state index in [0.29, 0.717) is 37.6 Å². The quantitative estimate of drug-likeness (QED) is 0.202.